The first kappa shape index (κ1) is 17.5. The van der Waals surface area contributed by atoms with Crippen molar-refractivity contribution in [3.63, 3.8) is 0 Å². The molecule has 0 bridgehead atoms. The highest BCUT2D eigenvalue weighted by Gasteiger charge is 2.15. The number of hydrogen-bond donors (Lipinski definition) is 1. The van der Waals surface area contributed by atoms with Crippen LogP contribution in [0.3, 0.4) is 0 Å². The van der Waals surface area contributed by atoms with Crippen LogP contribution in [-0.2, 0) is 6.42 Å². The van der Waals surface area contributed by atoms with Crippen molar-refractivity contribution in [2.24, 2.45) is 0 Å². The Bertz CT molecular complexity index is 686. The van der Waals surface area contributed by atoms with Crippen molar-refractivity contribution >= 4 is 17.3 Å². The van der Waals surface area contributed by atoms with E-state index in [-0.39, 0.29) is 5.91 Å². The number of anilines is 2. The van der Waals surface area contributed by atoms with Crippen LogP contribution >= 0.6 is 0 Å². The highest BCUT2D eigenvalue weighted by atomic mass is 16.1. The Labute approximate surface area is 150 Å². The third-order valence-electron chi connectivity index (χ3n) is 4.93. The SMILES string of the molecule is CCc1ccc(C(=O)Nc2ccc(N3CCN(CC)CC3)cc2)cc1. The van der Waals surface area contributed by atoms with Gasteiger partial charge in [-0.2, -0.15) is 0 Å². The van der Waals surface area contributed by atoms with Gasteiger partial charge in [0, 0.05) is 43.1 Å². The number of piperazine rings is 1. The van der Waals surface area contributed by atoms with E-state index in [4.69, 9.17) is 0 Å². The molecule has 1 aliphatic rings. The van der Waals surface area contributed by atoms with Crippen LogP contribution in [0, 0.1) is 0 Å². The minimum Gasteiger partial charge on any atom is -0.369 e. The zero-order valence-electron chi connectivity index (χ0n) is 15.2. The third kappa shape index (κ3) is 4.40. The predicted octanol–water partition coefficient (Wildman–Crippen LogP) is 3.64. The molecule has 4 nitrogen and oxygen atoms in total. The first-order valence-corrected chi connectivity index (χ1v) is 9.17. The van der Waals surface area contributed by atoms with Crippen LogP contribution in [0.4, 0.5) is 11.4 Å². The number of nitrogens with zero attached hydrogens (tertiary/aromatic N) is 2. The van der Waals surface area contributed by atoms with Crippen molar-refractivity contribution in [3.05, 3.63) is 59.7 Å². The van der Waals surface area contributed by atoms with Gasteiger partial charge < -0.3 is 15.1 Å². The van der Waals surface area contributed by atoms with E-state index in [1.54, 1.807) is 0 Å². The third-order valence-corrected chi connectivity index (χ3v) is 4.93. The minimum absolute atomic E-state index is 0.0630. The number of aryl methyl sites for hydroxylation is 1. The van der Waals surface area contributed by atoms with Gasteiger partial charge in [0.1, 0.15) is 0 Å². The number of nitrogens with one attached hydrogen (secondary N) is 1. The Hall–Kier alpha value is -2.33. The molecule has 2 aromatic rings. The molecular weight excluding hydrogens is 310 g/mol. The van der Waals surface area contributed by atoms with Crippen LogP contribution in [0.15, 0.2) is 48.5 Å². The average molecular weight is 337 g/mol. The fraction of sp³-hybridized carbons (Fsp3) is 0.381. The van der Waals surface area contributed by atoms with Crippen LogP contribution in [0.25, 0.3) is 0 Å². The Balaban J connectivity index is 1.59. The van der Waals surface area contributed by atoms with Gasteiger partial charge >= 0.3 is 0 Å². The van der Waals surface area contributed by atoms with Gasteiger partial charge in [0.25, 0.3) is 5.91 Å². The van der Waals surface area contributed by atoms with E-state index in [9.17, 15) is 4.79 Å². The Morgan fingerprint density at radius 3 is 2.12 bits per heavy atom. The Morgan fingerprint density at radius 1 is 0.920 bits per heavy atom. The maximum Gasteiger partial charge on any atom is 0.255 e. The van der Waals surface area contributed by atoms with Crippen molar-refractivity contribution in [2.45, 2.75) is 20.3 Å². The molecule has 0 aromatic heterocycles. The van der Waals surface area contributed by atoms with Crippen molar-refractivity contribution in [2.75, 3.05) is 42.9 Å². The van der Waals surface area contributed by atoms with Crippen LogP contribution in [-0.4, -0.2) is 43.5 Å². The number of hydrogen-bond acceptors (Lipinski definition) is 3. The van der Waals surface area contributed by atoms with Gasteiger partial charge in [0.05, 0.1) is 0 Å². The topological polar surface area (TPSA) is 35.6 Å². The standard InChI is InChI=1S/C21H27N3O/c1-3-17-5-7-18(8-6-17)21(25)22-19-9-11-20(12-10-19)24-15-13-23(4-2)14-16-24/h5-12H,3-4,13-16H2,1-2H3,(H,22,25). The number of amides is 1. The van der Waals surface area contributed by atoms with Crippen molar-refractivity contribution in [1.82, 2.24) is 4.90 Å². The molecule has 132 valence electrons. The fourth-order valence-corrected chi connectivity index (χ4v) is 3.17. The maximum atomic E-state index is 12.3. The highest BCUT2D eigenvalue weighted by molar-refractivity contribution is 6.04. The molecule has 3 rings (SSSR count). The van der Waals surface area contributed by atoms with E-state index in [1.165, 1.54) is 11.3 Å². The van der Waals surface area contributed by atoms with E-state index in [1.807, 2.05) is 36.4 Å². The molecule has 0 atom stereocenters. The summed E-state index contributed by atoms with van der Waals surface area (Å²) in [4.78, 5) is 17.2. The van der Waals surface area contributed by atoms with Crippen LogP contribution in [0.2, 0.25) is 0 Å². The monoisotopic (exact) mass is 337 g/mol. The minimum atomic E-state index is -0.0630. The second kappa shape index (κ2) is 8.17. The number of likely N-dealkylation sites (N-methyl/N-ethyl adjacent to an activating group) is 1. The molecule has 25 heavy (non-hydrogen) atoms. The van der Waals surface area contributed by atoms with Crippen LogP contribution in [0.5, 0.6) is 0 Å². The lowest BCUT2D eigenvalue weighted by Gasteiger charge is -2.35. The van der Waals surface area contributed by atoms with Crippen molar-refractivity contribution in [1.29, 1.82) is 0 Å². The normalized spacial score (nSPS) is 15.2. The van der Waals surface area contributed by atoms with Gasteiger partial charge in [0.2, 0.25) is 0 Å². The van der Waals surface area contributed by atoms with E-state index in [0.717, 1.165) is 44.8 Å². The lowest BCUT2D eigenvalue weighted by atomic mass is 10.1. The molecule has 1 heterocycles. The summed E-state index contributed by atoms with van der Waals surface area (Å²) < 4.78 is 0. The lowest BCUT2D eigenvalue weighted by molar-refractivity contribution is 0.102. The number of benzene rings is 2. The first-order valence-electron chi connectivity index (χ1n) is 9.17. The summed E-state index contributed by atoms with van der Waals surface area (Å²) in [5.41, 5.74) is 3.99. The second-order valence-corrected chi connectivity index (χ2v) is 6.47. The summed E-state index contributed by atoms with van der Waals surface area (Å²) >= 11 is 0. The molecule has 0 saturated carbocycles. The van der Waals surface area contributed by atoms with Crippen LogP contribution in [0.1, 0.15) is 29.8 Å². The van der Waals surface area contributed by atoms with Gasteiger partial charge in [-0.15, -0.1) is 0 Å². The predicted molar refractivity (Wildman–Crippen MR) is 105 cm³/mol. The summed E-state index contributed by atoms with van der Waals surface area (Å²) in [6.45, 7) is 9.79. The highest BCUT2D eigenvalue weighted by Crippen LogP contribution is 2.20. The molecule has 0 aliphatic carbocycles. The number of carbonyl (C=O) groups is 1. The van der Waals surface area contributed by atoms with Crippen LogP contribution < -0.4 is 10.2 Å². The smallest absolute Gasteiger partial charge is 0.255 e. The first-order chi connectivity index (χ1) is 12.2. The lowest BCUT2D eigenvalue weighted by Crippen LogP contribution is -2.46. The Kier molecular flexibility index (Phi) is 5.71. The van der Waals surface area contributed by atoms with E-state index in [2.05, 4.69) is 41.1 Å². The van der Waals surface area contributed by atoms with E-state index < -0.39 is 0 Å². The van der Waals surface area contributed by atoms with Gasteiger partial charge in [-0.3, -0.25) is 4.79 Å². The molecular formula is C21H27N3O. The molecule has 1 amide bonds. The summed E-state index contributed by atoms with van der Waals surface area (Å²) in [5, 5.41) is 2.98. The average Bonchev–Trinajstić information content (AvgIpc) is 2.68. The van der Waals surface area contributed by atoms with E-state index >= 15 is 0 Å². The molecule has 2 aromatic carbocycles. The molecule has 0 unspecified atom stereocenters. The molecule has 1 aliphatic heterocycles. The summed E-state index contributed by atoms with van der Waals surface area (Å²) in [5.74, 6) is -0.0630. The second-order valence-electron chi connectivity index (χ2n) is 6.47. The molecule has 0 radical (unpaired) electrons. The fourth-order valence-electron chi connectivity index (χ4n) is 3.17. The van der Waals surface area contributed by atoms with Gasteiger partial charge in [-0.1, -0.05) is 26.0 Å². The Morgan fingerprint density at radius 2 is 1.56 bits per heavy atom. The zero-order chi connectivity index (χ0) is 17.6. The van der Waals surface area contributed by atoms with Gasteiger partial charge in [0.15, 0.2) is 0 Å². The largest absolute Gasteiger partial charge is 0.369 e. The molecule has 0 spiro atoms. The maximum absolute atomic E-state index is 12.3. The van der Waals surface area contributed by atoms with Crippen molar-refractivity contribution < 1.29 is 4.79 Å². The summed E-state index contributed by atoms with van der Waals surface area (Å²) in [7, 11) is 0. The van der Waals surface area contributed by atoms with Crippen molar-refractivity contribution in [3.8, 4) is 0 Å². The molecule has 4 heteroatoms. The van der Waals surface area contributed by atoms with E-state index in [0.29, 0.717) is 5.56 Å². The zero-order valence-corrected chi connectivity index (χ0v) is 15.2. The quantitative estimate of drug-likeness (QED) is 0.905. The van der Waals surface area contributed by atoms with Gasteiger partial charge in [-0.05, 0) is 54.9 Å². The molecule has 1 saturated heterocycles. The van der Waals surface area contributed by atoms with Gasteiger partial charge in [-0.25, -0.2) is 0 Å². The molecule has 1 fully saturated rings. The molecule has 1 N–H and O–H groups in total. The number of carbonyl (C=O) groups excluding carboxylic acids is 1. The summed E-state index contributed by atoms with van der Waals surface area (Å²) in [6.07, 6.45) is 0.982. The summed E-state index contributed by atoms with van der Waals surface area (Å²) in [6, 6.07) is 15.9. The number of rotatable bonds is 5.